The van der Waals surface area contributed by atoms with Gasteiger partial charge in [0.25, 0.3) is 0 Å². The van der Waals surface area contributed by atoms with E-state index in [4.69, 9.17) is 0 Å². The molecule has 3 heterocycles. The molecule has 2 aliphatic rings. The second kappa shape index (κ2) is 3.13. The summed E-state index contributed by atoms with van der Waals surface area (Å²) in [5.74, 6) is 0.325. The van der Waals surface area contributed by atoms with Gasteiger partial charge in [0.05, 0.1) is 6.04 Å². The van der Waals surface area contributed by atoms with E-state index in [0.29, 0.717) is 18.4 Å². The molecule has 1 aromatic carbocycles. The average molecular weight is 226 g/mol. The number of rotatable bonds is 0. The fourth-order valence-corrected chi connectivity index (χ4v) is 3.34. The van der Waals surface area contributed by atoms with E-state index in [9.17, 15) is 4.79 Å². The zero-order valence-corrected chi connectivity index (χ0v) is 9.57. The number of benzene rings is 1. The molecule has 0 saturated carbocycles. The number of nitrogens with one attached hydrogen (secondary N) is 1. The summed E-state index contributed by atoms with van der Waals surface area (Å²) >= 11 is 0. The number of hydrogen-bond acceptors (Lipinski definition) is 1. The van der Waals surface area contributed by atoms with E-state index < -0.39 is 0 Å². The molecule has 1 N–H and O–H groups in total. The lowest BCUT2D eigenvalue weighted by Crippen LogP contribution is -2.33. The molecule has 17 heavy (non-hydrogen) atoms. The number of fused-ring (bicyclic) bond motifs is 5. The van der Waals surface area contributed by atoms with E-state index in [2.05, 4.69) is 34.1 Å². The van der Waals surface area contributed by atoms with Crippen molar-refractivity contribution in [3.05, 3.63) is 35.5 Å². The average Bonchev–Trinajstić information content (AvgIpc) is 2.90. The second-order valence-corrected chi connectivity index (χ2v) is 4.95. The maximum Gasteiger partial charge on any atom is 0.223 e. The molecule has 0 unspecified atom stereocenters. The number of para-hydroxylation sites is 1. The summed E-state index contributed by atoms with van der Waals surface area (Å²) in [5.41, 5.74) is 3.92. The van der Waals surface area contributed by atoms with Crippen LogP contribution in [0.25, 0.3) is 10.9 Å². The van der Waals surface area contributed by atoms with Crippen molar-refractivity contribution in [3.63, 3.8) is 0 Å². The Balaban J connectivity index is 1.97. The van der Waals surface area contributed by atoms with E-state index >= 15 is 0 Å². The topological polar surface area (TPSA) is 36.1 Å². The first-order valence-corrected chi connectivity index (χ1v) is 6.23. The minimum absolute atomic E-state index is 0.322. The normalized spacial score (nSPS) is 22.9. The van der Waals surface area contributed by atoms with Crippen LogP contribution < -0.4 is 0 Å². The van der Waals surface area contributed by atoms with Gasteiger partial charge in [0.15, 0.2) is 0 Å². The van der Waals surface area contributed by atoms with E-state index in [1.54, 1.807) is 0 Å². The van der Waals surface area contributed by atoms with Gasteiger partial charge >= 0.3 is 0 Å². The predicted molar refractivity (Wildman–Crippen MR) is 65.7 cm³/mol. The van der Waals surface area contributed by atoms with Crippen LogP contribution in [0, 0.1) is 0 Å². The van der Waals surface area contributed by atoms with Gasteiger partial charge in [-0.3, -0.25) is 4.79 Å². The quantitative estimate of drug-likeness (QED) is 0.735. The minimum atomic E-state index is 0.322. The Morgan fingerprint density at radius 1 is 1.24 bits per heavy atom. The SMILES string of the molecule is O=C1CC[C@@H]2c3c([nH]c4ccccc34)CCN12. The molecule has 2 aromatic rings. The third-order valence-electron chi connectivity index (χ3n) is 4.09. The molecular formula is C14H14N2O. The Morgan fingerprint density at radius 2 is 2.12 bits per heavy atom. The number of aromatic nitrogens is 1. The zero-order chi connectivity index (χ0) is 11.4. The molecule has 1 amide bonds. The Hall–Kier alpha value is -1.77. The van der Waals surface area contributed by atoms with Gasteiger partial charge in [-0.15, -0.1) is 0 Å². The molecule has 0 bridgehead atoms. The molecule has 4 rings (SSSR count). The highest BCUT2D eigenvalue weighted by Gasteiger charge is 2.37. The van der Waals surface area contributed by atoms with Crippen molar-refractivity contribution < 1.29 is 4.79 Å². The molecule has 3 heteroatoms. The van der Waals surface area contributed by atoms with Crippen molar-refractivity contribution >= 4 is 16.8 Å². The molecule has 86 valence electrons. The van der Waals surface area contributed by atoms with E-state index in [1.165, 1.54) is 22.2 Å². The van der Waals surface area contributed by atoms with Crippen LogP contribution in [0.1, 0.15) is 30.1 Å². The fraction of sp³-hybridized carbons (Fsp3) is 0.357. The van der Waals surface area contributed by atoms with Crippen LogP contribution in [0.15, 0.2) is 24.3 Å². The van der Waals surface area contributed by atoms with Gasteiger partial charge in [-0.05, 0) is 12.5 Å². The Kier molecular flexibility index (Phi) is 1.71. The van der Waals surface area contributed by atoms with Crippen molar-refractivity contribution in [1.29, 1.82) is 0 Å². The number of aromatic amines is 1. The van der Waals surface area contributed by atoms with Crippen LogP contribution in [-0.2, 0) is 11.2 Å². The summed E-state index contributed by atoms with van der Waals surface area (Å²) in [6.45, 7) is 0.878. The molecule has 1 saturated heterocycles. The first-order chi connectivity index (χ1) is 8.34. The number of amides is 1. The van der Waals surface area contributed by atoms with Crippen molar-refractivity contribution in [1.82, 2.24) is 9.88 Å². The van der Waals surface area contributed by atoms with Gasteiger partial charge in [0.1, 0.15) is 0 Å². The van der Waals surface area contributed by atoms with E-state index in [1.807, 2.05) is 0 Å². The number of hydrogen-bond donors (Lipinski definition) is 1. The molecule has 0 aliphatic carbocycles. The Morgan fingerprint density at radius 3 is 3.06 bits per heavy atom. The van der Waals surface area contributed by atoms with E-state index in [-0.39, 0.29) is 0 Å². The smallest absolute Gasteiger partial charge is 0.223 e. The second-order valence-electron chi connectivity index (χ2n) is 4.95. The third-order valence-corrected chi connectivity index (χ3v) is 4.09. The molecule has 0 spiro atoms. The van der Waals surface area contributed by atoms with Gasteiger partial charge in [0.2, 0.25) is 5.91 Å². The highest BCUT2D eigenvalue weighted by molar-refractivity contribution is 5.88. The van der Waals surface area contributed by atoms with Crippen LogP contribution in [0.3, 0.4) is 0 Å². The molecule has 1 atom stereocenters. The molecule has 3 nitrogen and oxygen atoms in total. The molecular weight excluding hydrogens is 212 g/mol. The first-order valence-electron chi connectivity index (χ1n) is 6.23. The third kappa shape index (κ3) is 1.14. The maximum atomic E-state index is 11.8. The van der Waals surface area contributed by atoms with Crippen molar-refractivity contribution in [2.75, 3.05) is 6.54 Å². The molecule has 0 radical (unpaired) electrons. The highest BCUT2D eigenvalue weighted by atomic mass is 16.2. The van der Waals surface area contributed by atoms with Gasteiger partial charge in [-0.2, -0.15) is 0 Å². The van der Waals surface area contributed by atoms with Crippen LogP contribution in [-0.4, -0.2) is 22.3 Å². The van der Waals surface area contributed by atoms with Crippen molar-refractivity contribution in [2.24, 2.45) is 0 Å². The number of nitrogens with zero attached hydrogens (tertiary/aromatic N) is 1. The monoisotopic (exact) mass is 226 g/mol. The molecule has 1 fully saturated rings. The summed E-state index contributed by atoms with van der Waals surface area (Å²) in [6.07, 6.45) is 2.66. The minimum Gasteiger partial charge on any atom is -0.358 e. The number of H-pyrrole nitrogens is 1. The van der Waals surface area contributed by atoms with E-state index in [0.717, 1.165) is 19.4 Å². The van der Waals surface area contributed by atoms with Crippen LogP contribution in [0.5, 0.6) is 0 Å². The fourth-order valence-electron chi connectivity index (χ4n) is 3.34. The lowest BCUT2D eigenvalue weighted by molar-refractivity contribution is -0.129. The van der Waals surface area contributed by atoms with Gasteiger partial charge in [-0.25, -0.2) is 0 Å². The molecule has 2 aliphatic heterocycles. The largest absolute Gasteiger partial charge is 0.358 e. The van der Waals surface area contributed by atoms with Crippen molar-refractivity contribution in [3.8, 4) is 0 Å². The summed E-state index contributed by atoms with van der Waals surface area (Å²) in [5, 5.41) is 1.30. The number of carbonyl (C=O) groups is 1. The Bertz CT molecular complexity index is 614. The summed E-state index contributed by atoms with van der Waals surface area (Å²) in [6, 6.07) is 8.74. The van der Waals surface area contributed by atoms with Gasteiger partial charge < -0.3 is 9.88 Å². The highest BCUT2D eigenvalue weighted by Crippen LogP contribution is 2.41. The lowest BCUT2D eigenvalue weighted by atomic mass is 9.96. The van der Waals surface area contributed by atoms with Gasteiger partial charge in [0, 0.05) is 41.5 Å². The Labute approximate surface area is 99.4 Å². The van der Waals surface area contributed by atoms with Crippen LogP contribution in [0.2, 0.25) is 0 Å². The van der Waals surface area contributed by atoms with Crippen molar-refractivity contribution in [2.45, 2.75) is 25.3 Å². The van der Waals surface area contributed by atoms with Gasteiger partial charge in [-0.1, -0.05) is 18.2 Å². The standard InChI is InChI=1S/C14H14N2O/c17-13-6-5-12-14-9-3-1-2-4-10(9)15-11(14)7-8-16(12)13/h1-4,12,15H,5-8H2/t12-/m1/s1. The number of carbonyl (C=O) groups excluding carboxylic acids is 1. The van der Waals surface area contributed by atoms with Crippen LogP contribution >= 0.6 is 0 Å². The lowest BCUT2D eigenvalue weighted by Gasteiger charge is -2.30. The summed E-state index contributed by atoms with van der Waals surface area (Å²) in [7, 11) is 0. The molecule has 1 aromatic heterocycles. The first kappa shape index (κ1) is 9.28. The maximum absolute atomic E-state index is 11.8. The predicted octanol–water partition coefficient (Wildman–Crippen LogP) is 2.39. The zero-order valence-electron chi connectivity index (χ0n) is 9.57. The summed E-state index contributed by atoms with van der Waals surface area (Å²) in [4.78, 5) is 17.4. The van der Waals surface area contributed by atoms with Crippen LogP contribution in [0.4, 0.5) is 0 Å². The summed E-state index contributed by atoms with van der Waals surface area (Å²) < 4.78 is 0.